The third-order valence-electron chi connectivity index (χ3n) is 6.98. The van der Waals surface area contributed by atoms with Crippen LogP contribution in [0.5, 0.6) is 0 Å². The Balaban J connectivity index is 0.000000171. The number of rotatable bonds is 2. The van der Waals surface area contributed by atoms with Crippen LogP contribution in [0.2, 0.25) is 0 Å². The Labute approximate surface area is 180 Å². The van der Waals surface area contributed by atoms with Crippen LogP contribution in [-0.4, -0.2) is 11.6 Å². The van der Waals surface area contributed by atoms with Gasteiger partial charge in [-0.2, -0.15) is 0 Å². The summed E-state index contributed by atoms with van der Waals surface area (Å²) < 4.78 is 0. The highest BCUT2D eigenvalue weighted by Gasteiger charge is 2.35. The van der Waals surface area contributed by atoms with Crippen molar-refractivity contribution < 1.29 is 9.59 Å². The van der Waals surface area contributed by atoms with E-state index in [-0.39, 0.29) is 11.8 Å². The van der Waals surface area contributed by atoms with Crippen LogP contribution in [0, 0.1) is 17.8 Å². The fraction of sp³-hybridized carbons (Fsp3) is 0.357. The zero-order chi connectivity index (χ0) is 22.0. The molecule has 2 aromatic rings. The first-order valence-electron chi connectivity index (χ1n) is 10.8. The average molecular weight is 401 g/mol. The third-order valence-corrected chi connectivity index (χ3v) is 6.98. The Morgan fingerprint density at radius 1 is 0.600 bits per heavy atom. The molecule has 4 atom stereocenters. The molecule has 0 aromatic heterocycles. The smallest absolute Gasteiger partial charge is 0.162 e. The van der Waals surface area contributed by atoms with E-state index in [0.29, 0.717) is 23.4 Å². The Bertz CT molecular complexity index is 995. The lowest BCUT2D eigenvalue weighted by atomic mass is 9.86. The van der Waals surface area contributed by atoms with E-state index in [2.05, 4.69) is 38.1 Å². The lowest BCUT2D eigenvalue weighted by Gasteiger charge is -2.16. The number of ketones is 2. The molecule has 0 spiro atoms. The highest BCUT2D eigenvalue weighted by atomic mass is 16.1. The maximum absolute atomic E-state index is 11.8. The van der Waals surface area contributed by atoms with Crippen molar-refractivity contribution in [3.8, 4) is 0 Å². The minimum atomic E-state index is 0.104. The summed E-state index contributed by atoms with van der Waals surface area (Å²) in [6.45, 7) is 12.2. The lowest BCUT2D eigenvalue weighted by Crippen LogP contribution is -2.12. The van der Waals surface area contributed by atoms with E-state index in [1.165, 1.54) is 22.3 Å². The van der Waals surface area contributed by atoms with Crippen LogP contribution in [0.3, 0.4) is 0 Å². The third kappa shape index (κ3) is 3.96. The maximum atomic E-state index is 11.8. The first kappa shape index (κ1) is 22.0. The molecule has 30 heavy (non-hydrogen) atoms. The molecular formula is C28H32O2. The highest BCUT2D eigenvalue weighted by Crippen LogP contribution is 2.41. The van der Waals surface area contributed by atoms with Crippen molar-refractivity contribution in [2.45, 2.75) is 47.5 Å². The first-order valence-corrected chi connectivity index (χ1v) is 10.8. The normalized spacial score (nSPS) is 26.2. The van der Waals surface area contributed by atoms with Gasteiger partial charge in [0.05, 0.1) is 0 Å². The predicted molar refractivity (Wildman–Crippen MR) is 124 cm³/mol. The summed E-state index contributed by atoms with van der Waals surface area (Å²) in [5, 5.41) is 0. The van der Waals surface area contributed by atoms with E-state index in [4.69, 9.17) is 0 Å². The van der Waals surface area contributed by atoms with Crippen LogP contribution in [0.4, 0.5) is 0 Å². The van der Waals surface area contributed by atoms with Gasteiger partial charge in [-0.15, -0.1) is 0 Å². The molecule has 0 N–H and O–H groups in total. The molecule has 0 aliphatic heterocycles. The number of carbonyl (C=O) groups excluding carboxylic acids is 2. The second-order valence-corrected chi connectivity index (χ2v) is 8.70. The topological polar surface area (TPSA) is 34.1 Å². The summed E-state index contributed by atoms with van der Waals surface area (Å²) in [4.78, 5) is 23.7. The van der Waals surface area contributed by atoms with Crippen LogP contribution >= 0.6 is 0 Å². The lowest BCUT2D eigenvalue weighted by molar-refractivity contribution is -0.119. The van der Waals surface area contributed by atoms with E-state index in [0.717, 1.165) is 11.1 Å². The van der Waals surface area contributed by atoms with Gasteiger partial charge in [0.2, 0.25) is 0 Å². The highest BCUT2D eigenvalue weighted by molar-refractivity contribution is 6.08. The van der Waals surface area contributed by atoms with Gasteiger partial charge in [-0.25, -0.2) is 0 Å². The number of hydrogen-bond acceptors (Lipinski definition) is 2. The predicted octanol–water partition coefficient (Wildman–Crippen LogP) is 6.64. The number of hydrogen-bond donors (Lipinski definition) is 0. The Morgan fingerprint density at radius 3 is 1.53 bits per heavy atom. The quantitative estimate of drug-likeness (QED) is 0.566. The van der Waals surface area contributed by atoms with Gasteiger partial charge in [-0.3, -0.25) is 9.59 Å². The summed E-state index contributed by atoms with van der Waals surface area (Å²) in [5.74, 6) is 1.49. The largest absolute Gasteiger partial charge is 0.294 e. The molecule has 4 unspecified atom stereocenters. The zero-order valence-electron chi connectivity index (χ0n) is 18.9. The van der Waals surface area contributed by atoms with Crippen molar-refractivity contribution in [2.75, 3.05) is 0 Å². The summed E-state index contributed by atoms with van der Waals surface area (Å²) in [6.07, 6.45) is 0. The molecule has 2 nitrogen and oxygen atoms in total. The van der Waals surface area contributed by atoms with E-state index in [1.807, 2.05) is 64.1 Å². The van der Waals surface area contributed by atoms with Gasteiger partial charge < -0.3 is 0 Å². The molecule has 2 heteroatoms. The number of benzene rings is 2. The molecular weight excluding hydrogens is 368 g/mol. The molecule has 0 radical (unpaired) electrons. The first-order chi connectivity index (χ1) is 14.3. The molecule has 0 amide bonds. The Hall–Kier alpha value is -2.74. The van der Waals surface area contributed by atoms with E-state index >= 15 is 0 Å². The van der Waals surface area contributed by atoms with Gasteiger partial charge >= 0.3 is 0 Å². The van der Waals surface area contributed by atoms with E-state index in [9.17, 15) is 9.59 Å². The Morgan fingerprint density at radius 2 is 1.10 bits per heavy atom. The van der Waals surface area contributed by atoms with Crippen molar-refractivity contribution in [1.82, 2.24) is 0 Å². The molecule has 0 fully saturated rings. The fourth-order valence-electron chi connectivity index (χ4n) is 4.88. The van der Waals surface area contributed by atoms with Crippen molar-refractivity contribution in [3.63, 3.8) is 0 Å². The maximum Gasteiger partial charge on any atom is 0.162 e. The minimum absolute atomic E-state index is 0.104. The molecule has 0 heterocycles. The number of allylic oxidation sites excluding steroid dienone is 4. The second kappa shape index (κ2) is 8.95. The summed E-state index contributed by atoms with van der Waals surface area (Å²) in [5.41, 5.74) is 6.82. The van der Waals surface area contributed by atoms with Gasteiger partial charge in [-0.05, 0) is 54.5 Å². The van der Waals surface area contributed by atoms with E-state index in [1.54, 1.807) is 0 Å². The number of Topliss-reactive ketones (excluding diaryl/α,β-unsaturated/α-hetero) is 2. The van der Waals surface area contributed by atoms with Crippen LogP contribution in [0.25, 0.3) is 5.57 Å². The summed E-state index contributed by atoms with van der Waals surface area (Å²) in [6, 6.07) is 20.5. The molecule has 0 bridgehead atoms. The Kier molecular flexibility index (Phi) is 6.55. The van der Waals surface area contributed by atoms with Gasteiger partial charge in [-0.1, -0.05) is 87.0 Å². The average Bonchev–Trinajstić information content (AvgIpc) is 3.08. The van der Waals surface area contributed by atoms with Gasteiger partial charge in [0.25, 0.3) is 0 Å². The summed E-state index contributed by atoms with van der Waals surface area (Å²) >= 11 is 0. The van der Waals surface area contributed by atoms with Crippen LogP contribution in [-0.2, 0) is 9.59 Å². The minimum Gasteiger partial charge on any atom is -0.294 e. The van der Waals surface area contributed by atoms with Crippen LogP contribution < -0.4 is 0 Å². The van der Waals surface area contributed by atoms with Crippen LogP contribution in [0.1, 0.15) is 58.6 Å². The molecule has 0 saturated carbocycles. The number of carbonyl (C=O) groups is 2. The SMILES string of the molecule is CC1=C(C)C(c2ccccc2)C(C)C1=O.CC1=C(c2ccccc2)C(C)C(C)C1=O. The van der Waals surface area contributed by atoms with E-state index < -0.39 is 0 Å². The van der Waals surface area contributed by atoms with Gasteiger partial charge in [0.15, 0.2) is 11.6 Å². The second-order valence-electron chi connectivity index (χ2n) is 8.70. The van der Waals surface area contributed by atoms with Crippen molar-refractivity contribution >= 4 is 17.1 Å². The molecule has 2 aliphatic carbocycles. The summed E-state index contributed by atoms with van der Waals surface area (Å²) in [7, 11) is 0. The molecule has 2 aromatic carbocycles. The van der Waals surface area contributed by atoms with Gasteiger partial charge in [0.1, 0.15) is 0 Å². The monoisotopic (exact) mass is 400 g/mol. The molecule has 2 aliphatic rings. The van der Waals surface area contributed by atoms with Crippen LogP contribution in [0.15, 0.2) is 77.4 Å². The van der Waals surface area contributed by atoms with Crippen molar-refractivity contribution in [2.24, 2.45) is 17.8 Å². The molecule has 156 valence electrons. The standard InChI is InChI=1S/2C14H16O/c2*1-9-10(2)14(15)11(3)13(9)12-7-5-4-6-8-12/h4-8,11,13H,1-3H3;4-10H,1-3H3. The van der Waals surface area contributed by atoms with Gasteiger partial charge in [0, 0.05) is 17.8 Å². The molecule has 4 rings (SSSR count). The zero-order valence-corrected chi connectivity index (χ0v) is 18.9. The van der Waals surface area contributed by atoms with Crippen molar-refractivity contribution in [3.05, 3.63) is 88.5 Å². The van der Waals surface area contributed by atoms with Crippen molar-refractivity contribution in [1.29, 1.82) is 0 Å². The fourth-order valence-corrected chi connectivity index (χ4v) is 4.88. The molecule has 0 saturated heterocycles.